The number of rotatable bonds is 5. The SMILES string of the molecule is O=C(c1ccccc1CN1CCCC1)N1CCOC[C@H](Cc2cccc3occc23)C1. The van der Waals surface area contributed by atoms with E-state index in [2.05, 4.69) is 17.0 Å². The molecule has 2 fully saturated rings. The fraction of sp³-hybridized carbons (Fsp3) is 0.423. The molecule has 0 unspecified atom stereocenters. The first-order valence-corrected chi connectivity index (χ1v) is 11.4. The molecule has 2 saturated heterocycles. The standard InChI is InChI=1S/C26H30N2O3/c29-26(24-8-2-1-6-22(24)18-27-11-3-4-12-27)28-13-15-30-19-20(17-28)16-21-7-5-9-25-23(21)10-14-31-25/h1-2,5-10,14,20H,3-4,11-13,15-19H2/t20-/m1/s1. The molecular formula is C26H30N2O3. The number of carbonyl (C=O) groups is 1. The summed E-state index contributed by atoms with van der Waals surface area (Å²) < 4.78 is 11.5. The van der Waals surface area contributed by atoms with Crippen molar-refractivity contribution in [1.82, 2.24) is 9.80 Å². The quantitative estimate of drug-likeness (QED) is 0.618. The lowest BCUT2D eigenvalue weighted by atomic mass is 9.96. The van der Waals surface area contributed by atoms with Crippen LogP contribution >= 0.6 is 0 Å². The van der Waals surface area contributed by atoms with Gasteiger partial charge in [0.25, 0.3) is 5.91 Å². The predicted octanol–water partition coefficient (Wildman–Crippen LogP) is 4.36. The summed E-state index contributed by atoms with van der Waals surface area (Å²) in [5.74, 6) is 0.393. The van der Waals surface area contributed by atoms with Gasteiger partial charge in [-0.25, -0.2) is 0 Å². The molecule has 5 rings (SSSR count). The van der Waals surface area contributed by atoms with E-state index in [4.69, 9.17) is 9.15 Å². The molecule has 0 bridgehead atoms. The Kier molecular flexibility index (Phi) is 6.05. The summed E-state index contributed by atoms with van der Waals surface area (Å²) in [4.78, 5) is 18.0. The zero-order valence-corrected chi connectivity index (χ0v) is 18.0. The number of hydrogen-bond donors (Lipinski definition) is 0. The van der Waals surface area contributed by atoms with Gasteiger partial charge >= 0.3 is 0 Å². The second-order valence-corrected chi connectivity index (χ2v) is 8.79. The minimum absolute atomic E-state index is 0.131. The number of furan rings is 1. The highest BCUT2D eigenvalue weighted by atomic mass is 16.5. The lowest BCUT2D eigenvalue weighted by Crippen LogP contribution is -2.37. The summed E-state index contributed by atoms with van der Waals surface area (Å²) in [5, 5.41) is 1.15. The van der Waals surface area contributed by atoms with Crippen molar-refractivity contribution >= 4 is 16.9 Å². The average molecular weight is 419 g/mol. The maximum absolute atomic E-state index is 13.6. The first kappa shape index (κ1) is 20.3. The molecule has 0 N–H and O–H groups in total. The Morgan fingerprint density at radius 3 is 2.71 bits per heavy atom. The van der Waals surface area contributed by atoms with Crippen LogP contribution in [0, 0.1) is 5.92 Å². The molecule has 162 valence electrons. The number of amides is 1. The van der Waals surface area contributed by atoms with E-state index in [0.29, 0.717) is 26.3 Å². The Morgan fingerprint density at radius 2 is 1.81 bits per heavy atom. The van der Waals surface area contributed by atoms with Gasteiger partial charge in [0.2, 0.25) is 0 Å². The van der Waals surface area contributed by atoms with E-state index < -0.39 is 0 Å². The van der Waals surface area contributed by atoms with Crippen molar-refractivity contribution in [3.05, 3.63) is 71.5 Å². The Morgan fingerprint density at radius 1 is 0.968 bits per heavy atom. The van der Waals surface area contributed by atoms with Crippen molar-refractivity contribution in [1.29, 1.82) is 0 Å². The largest absolute Gasteiger partial charge is 0.464 e. The normalized spacial score (nSPS) is 20.3. The highest BCUT2D eigenvalue weighted by Gasteiger charge is 2.26. The second kappa shape index (κ2) is 9.25. The van der Waals surface area contributed by atoms with Gasteiger partial charge in [0.1, 0.15) is 5.58 Å². The van der Waals surface area contributed by atoms with E-state index in [9.17, 15) is 4.79 Å². The van der Waals surface area contributed by atoms with Gasteiger partial charge in [0.15, 0.2) is 0 Å². The molecule has 5 nitrogen and oxygen atoms in total. The van der Waals surface area contributed by atoms with Crippen LogP contribution < -0.4 is 0 Å². The van der Waals surface area contributed by atoms with Crippen molar-refractivity contribution < 1.29 is 13.9 Å². The van der Waals surface area contributed by atoms with Crippen LogP contribution in [-0.4, -0.2) is 55.1 Å². The van der Waals surface area contributed by atoms with E-state index in [-0.39, 0.29) is 11.8 Å². The number of ether oxygens (including phenoxy) is 1. The van der Waals surface area contributed by atoms with Crippen molar-refractivity contribution in [2.45, 2.75) is 25.8 Å². The first-order valence-electron chi connectivity index (χ1n) is 11.4. The van der Waals surface area contributed by atoms with E-state index in [1.54, 1.807) is 6.26 Å². The van der Waals surface area contributed by atoms with Gasteiger partial charge in [0.05, 0.1) is 19.5 Å². The first-order chi connectivity index (χ1) is 15.3. The summed E-state index contributed by atoms with van der Waals surface area (Å²) in [6, 6.07) is 16.3. The fourth-order valence-corrected chi connectivity index (χ4v) is 4.95. The maximum Gasteiger partial charge on any atom is 0.254 e. The smallest absolute Gasteiger partial charge is 0.254 e. The summed E-state index contributed by atoms with van der Waals surface area (Å²) in [6.45, 7) is 5.73. The van der Waals surface area contributed by atoms with Crippen molar-refractivity contribution in [2.75, 3.05) is 39.4 Å². The molecule has 0 aliphatic carbocycles. The molecule has 3 aromatic rings. The fourth-order valence-electron chi connectivity index (χ4n) is 4.95. The minimum atomic E-state index is 0.131. The van der Waals surface area contributed by atoms with Crippen LogP contribution in [-0.2, 0) is 17.7 Å². The Balaban J connectivity index is 1.33. The zero-order chi connectivity index (χ0) is 21.0. The van der Waals surface area contributed by atoms with Crippen LogP contribution in [0.15, 0.2) is 59.2 Å². The third-order valence-corrected chi connectivity index (χ3v) is 6.56. The number of hydrogen-bond acceptors (Lipinski definition) is 4. The molecule has 1 amide bonds. The van der Waals surface area contributed by atoms with Crippen LogP contribution in [0.2, 0.25) is 0 Å². The molecule has 0 radical (unpaired) electrons. The molecule has 1 aromatic heterocycles. The molecule has 31 heavy (non-hydrogen) atoms. The molecule has 0 spiro atoms. The highest BCUT2D eigenvalue weighted by molar-refractivity contribution is 5.95. The molecule has 5 heteroatoms. The summed E-state index contributed by atoms with van der Waals surface area (Å²) in [7, 11) is 0. The molecule has 2 aliphatic heterocycles. The van der Waals surface area contributed by atoms with E-state index in [0.717, 1.165) is 48.2 Å². The lowest BCUT2D eigenvalue weighted by Gasteiger charge is -2.25. The summed E-state index contributed by atoms with van der Waals surface area (Å²) in [5.41, 5.74) is 4.14. The van der Waals surface area contributed by atoms with Gasteiger partial charge in [-0.2, -0.15) is 0 Å². The number of carbonyl (C=O) groups excluding carboxylic acids is 1. The van der Waals surface area contributed by atoms with Crippen LogP contribution in [0.4, 0.5) is 0 Å². The van der Waals surface area contributed by atoms with Gasteiger partial charge < -0.3 is 14.1 Å². The monoisotopic (exact) mass is 418 g/mol. The third-order valence-electron chi connectivity index (χ3n) is 6.56. The van der Waals surface area contributed by atoms with Crippen molar-refractivity contribution in [3.8, 4) is 0 Å². The molecule has 2 aliphatic rings. The topological polar surface area (TPSA) is 45.9 Å². The number of nitrogens with zero attached hydrogens (tertiary/aromatic N) is 2. The maximum atomic E-state index is 13.6. The van der Waals surface area contributed by atoms with Crippen LogP contribution in [0.3, 0.4) is 0 Å². The van der Waals surface area contributed by atoms with Crippen molar-refractivity contribution in [3.63, 3.8) is 0 Å². The lowest BCUT2D eigenvalue weighted by molar-refractivity contribution is 0.0735. The van der Waals surface area contributed by atoms with Gasteiger partial charge in [-0.15, -0.1) is 0 Å². The van der Waals surface area contributed by atoms with Gasteiger partial charge in [-0.05, 0) is 61.7 Å². The highest BCUT2D eigenvalue weighted by Crippen LogP contribution is 2.25. The van der Waals surface area contributed by atoms with Crippen LogP contribution in [0.5, 0.6) is 0 Å². The van der Waals surface area contributed by atoms with Crippen molar-refractivity contribution in [2.24, 2.45) is 5.92 Å². The summed E-state index contributed by atoms with van der Waals surface area (Å²) >= 11 is 0. The van der Waals surface area contributed by atoms with Gasteiger partial charge in [0, 0.05) is 36.5 Å². The second-order valence-electron chi connectivity index (χ2n) is 8.79. The van der Waals surface area contributed by atoms with E-state index in [1.165, 1.54) is 18.4 Å². The number of fused-ring (bicyclic) bond motifs is 1. The molecule has 1 atom stereocenters. The van der Waals surface area contributed by atoms with Gasteiger partial charge in [-0.1, -0.05) is 30.3 Å². The van der Waals surface area contributed by atoms with Gasteiger partial charge in [-0.3, -0.25) is 9.69 Å². The molecule has 0 saturated carbocycles. The van der Waals surface area contributed by atoms with Crippen LogP contribution in [0.1, 0.15) is 34.3 Å². The van der Waals surface area contributed by atoms with Crippen LogP contribution in [0.25, 0.3) is 11.0 Å². The molecule has 2 aromatic carbocycles. The zero-order valence-electron chi connectivity index (χ0n) is 18.0. The number of likely N-dealkylation sites (tertiary alicyclic amines) is 1. The Labute approximate surface area is 183 Å². The average Bonchev–Trinajstić information content (AvgIpc) is 3.43. The number of benzene rings is 2. The predicted molar refractivity (Wildman–Crippen MR) is 121 cm³/mol. The summed E-state index contributed by atoms with van der Waals surface area (Å²) in [6.07, 6.45) is 5.12. The molecule has 3 heterocycles. The van der Waals surface area contributed by atoms with E-state index >= 15 is 0 Å². The third kappa shape index (κ3) is 4.53. The molecular weight excluding hydrogens is 388 g/mol. The van der Waals surface area contributed by atoms with E-state index in [1.807, 2.05) is 41.3 Å². The Hall–Kier alpha value is -2.63. The Bertz CT molecular complexity index is 1040. The minimum Gasteiger partial charge on any atom is -0.464 e.